The third kappa shape index (κ3) is 3.75. The molecule has 2 aromatic rings. The van der Waals surface area contributed by atoms with E-state index >= 15 is 0 Å². The van der Waals surface area contributed by atoms with Crippen LogP contribution in [0.1, 0.15) is 36.3 Å². The smallest absolute Gasteiger partial charge is 0.251 e. The predicted molar refractivity (Wildman–Crippen MR) is 98.8 cm³/mol. The second-order valence-corrected chi connectivity index (χ2v) is 7.50. The van der Waals surface area contributed by atoms with Crippen LogP contribution in [0.15, 0.2) is 29.1 Å². The molecule has 2 aliphatic heterocycles. The van der Waals surface area contributed by atoms with Crippen molar-refractivity contribution in [2.24, 2.45) is 5.92 Å². The Morgan fingerprint density at radius 1 is 1.31 bits per heavy atom. The molecular formula is C20H25N3O3. The molecule has 0 radical (unpaired) electrons. The zero-order chi connectivity index (χ0) is 18.1. The summed E-state index contributed by atoms with van der Waals surface area (Å²) in [6.45, 7) is 7.52. The third-order valence-corrected chi connectivity index (χ3v) is 5.16. The lowest BCUT2D eigenvalue weighted by Crippen LogP contribution is -2.27. The average molecular weight is 355 g/mol. The van der Waals surface area contributed by atoms with E-state index in [-0.39, 0.29) is 5.56 Å². The Kier molecular flexibility index (Phi) is 4.68. The molecule has 6 heteroatoms. The third-order valence-electron chi connectivity index (χ3n) is 5.16. The molecule has 1 fully saturated rings. The number of hydrogen-bond acceptors (Lipinski definition) is 5. The van der Waals surface area contributed by atoms with Gasteiger partial charge in [-0.3, -0.25) is 4.79 Å². The van der Waals surface area contributed by atoms with Crippen molar-refractivity contribution in [2.45, 2.75) is 32.6 Å². The minimum absolute atomic E-state index is 0.0536. The van der Waals surface area contributed by atoms with Crippen LogP contribution in [0.4, 0.5) is 0 Å². The number of nitrogens with zero attached hydrogens (tertiary/aromatic N) is 2. The summed E-state index contributed by atoms with van der Waals surface area (Å²) in [6.07, 6.45) is 2.08. The Balaban J connectivity index is 1.34. The molecule has 26 heavy (non-hydrogen) atoms. The molecule has 0 spiro atoms. The lowest BCUT2D eigenvalue weighted by molar-refractivity contribution is 0.174. The van der Waals surface area contributed by atoms with Crippen LogP contribution in [-0.4, -0.2) is 41.3 Å². The molecular weight excluding hydrogens is 330 g/mol. The number of benzene rings is 1. The fourth-order valence-corrected chi connectivity index (χ4v) is 4.03. The van der Waals surface area contributed by atoms with Gasteiger partial charge in [-0.05, 0) is 49.9 Å². The van der Waals surface area contributed by atoms with Crippen molar-refractivity contribution in [2.75, 3.05) is 26.4 Å². The fraction of sp³-hybridized carbons (Fsp3) is 0.500. The number of ether oxygens (including phenoxy) is 2. The first-order valence-corrected chi connectivity index (χ1v) is 9.25. The monoisotopic (exact) mass is 355 g/mol. The number of fused-ring (bicyclic) bond motifs is 1. The standard InChI is InChI=1S/C20H25N3O3/c1-13(7-15-3-4-18-19(8-15)26-12-25-18)10-23-6-5-16(11-23)17-9-20(24)22-14(2)21-17/h3-4,8-9,13,16H,5-7,10-12H2,1-2H3,(H,21,22,24)/t13-,16+/m1/s1. The maximum absolute atomic E-state index is 11.7. The molecule has 1 saturated heterocycles. The first kappa shape index (κ1) is 17.1. The zero-order valence-electron chi connectivity index (χ0n) is 15.3. The molecule has 1 aromatic heterocycles. The van der Waals surface area contributed by atoms with Crippen molar-refractivity contribution < 1.29 is 9.47 Å². The highest BCUT2D eigenvalue weighted by atomic mass is 16.7. The Morgan fingerprint density at radius 3 is 3.00 bits per heavy atom. The maximum Gasteiger partial charge on any atom is 0.251 e. The Labute approximate surface area is 153 Å². The van der Waals surface area contributed by atoms with Gasteiger partial charge in [0.15, 0.2) is 11.5 Å². The molecule has 6 nitrogen and oxygen atoms in total. The number of hydrogen-bond donors (Lipinski definition) is 1. The SMILES string of the molecule is Cc1nc([C@H]2CCN(C[C@H](C)Cc3ccc4c(c3)OCO4)C2)cc(=O)[nH]1. The van der Waals surface area contributed by atoms with E-state index in [0.29, 0.717) is 24.5 Å². The highest BCUT2D eigenvalue weighted by Gasteiger charge is 2.26. The van der Waals surface area contributed by atoms with Crippen LogP contribution in [0.2, 0.25) is 0 Å². The van der Waals surface area contributed by atoms with Crippen molar-refractivity contribution >= 4 is 0 Å². The van der Waals surface area contributed by atoms with Gasteiger partial charge in [0.2, 0.25) is 6.79 Å². The van der Waals surface area contributed by atoms with Gasteiger partial charge in [-0.15, -0.1) is 0 Å². The van der Waals surface area contributed by atoms with E-state index < -0.39 is 0 Å². The van der Waals surface area contributed by atoms with Gasteiger partial charge < -0.3 is 19.4 Å². The van der Waals surface area contributed by atoms with E-state index in [4.69, 9.17) is 9.47 Å². The molecule has 138 valence electrons. The van der Waals surface area contributed by atoms with Crippen LogP contribution < -0.4 is 15.0 Å². The van der Waals surface area contributed by atoms with Crippen LogP contribution in [0.25, 0.3) is 0 Å². The zero-order valence-corrected chi connectivity index (χ0v) is 15.3. The molecule has 2 atom stereocenters. The van der Waals surface area contributed by atoms with E-state index in [1.165, 1.54) is 5.56 Å². The van der Waals surface area contributed by atoms with Crippen LogP contribution in [0, 0.1) is 12.8 Å². The molecule has 1 N–H and O–H groups in total. The summed E-state index contributed by atoms with van der Waals surface area (Å²) in [5, 5.41) is 0. The van der Waals surface area contributed by atoms with Crippen LogP contribution in [0.5, 0.6) is 11.5 Å². The van der Waals surface area contributed by atoms with Gasteiger partial charge in [0.05, 0.1) is 5.69 Å². The molecule has 0 saturated carbocycles. The summed E-state index contributed by atoms with van der Waals surface area (Å²) in [5.74, 6) is 3.29. The van der Waals surface area contributed by atoms with E-state index in [1.807, 2.05) is 13.0 Å². The lowest BCUT2D eigenvalue weighted by atomic mass is 10.00. The fourth-order valence-electron chi connectivity index (χ4n) is 4.03. The number of aromatic amines is 1. The summed E-state index contributed by atoms with van der Waals surface area (Å²) in [5.41, 5.74) is 2.16. The Morgan fingerprint density at radius 2 is 2.15 bits per heavy atom. The number of H-pyrrole nitrogens is 1. The second-order valence-electron chi connectivity index (χ2n) is 7.50. The number of aromatic nitrogens is 2. The number of nitrogens with one attached hydrogen (secondary N) is 1. The van der Waals surface area contributed by atoms with Crippen molar-refractivity contribution in [3.8, 4) is 11.5 Å². The molecule has 1 aromatic carbocycles. The maximum atomic E-state index is 11.7. The van der Waals surface area contributed by atoms with Crippen molar-refractivity contribution in [1.29, 1.82) is 0 Å². The summed E-state index contributed by atoms with van der Waals surface area (Å²) >= 11 is 0. The minimum atomic E-state index is -0.0536. The van der Waals surface area contributed by atoms with Crippen molar-refractivity contribution in [3.63, 3.8) is 0 Å². The van der Waals surface area contributed by atoms with Gasteiger partial charge in [-0.2, -0.15) is 0 Å². The summed E-state index contributed by atoms with van der Waals surface area (Å²) in [6, 6.07) is 7.86. The van der Waals surface area contributed by atoms with Crippen LogP contribution in [0.3, 0.4) is 0 Å². The summed E-state index contributed by atoms with van der Waals surface area (Å²) in [7, 11) is 0. The predicted octanol–water partition coefficient (Wildman–Crippen LogP) is 2.48. The van der Waals surface area contributed by atoms with Gasteiger partial charge in [0.25, 0.3) is 5.56 Å². The van der Waals surface area contributed by atoms with Gasteiger partial charge in [-0.25, -0.2) is 4.98 Å². The molecule has 0 amide bonds. The first-order chi connectivity index (χ1) is 12.6. The largest absolute Gasteiger partial charge is 0.454 e. The van der Waals surface area contributed by atoms with E-state index in [0.717, 1.165) is 49.7 Å². The van der Waals surface area contributed by atoms with Gasteiger partial charge in [0, 0.05) is 25.1 Å². The molecule has 2 aliphatic rings. The van der Waals surface area contributed by atoms with Gasteiger partial charge in [0.1, 0.15) is 5.82 Å². The lowest BCUT2D eigenvalue weighted by Gasteiger charge is -2.21. The number of rotatable bonds is 5. The normalized spacial score (nSPS) is 20.5. The summed E-state index contributed by atoms with van der Waals surface area (Å²) in [4.78, 5) is 21.4. The highest BCUT2D eigenvalue weighted by molar-refractivity contribution is 5.44. The highest BCUT2D eigenvalue weighted by Crippen LogP contribution is 2.33. The Hall–Kier alpha value is -2.34. The van der Waals surface area contributed by atoms with Crippen LogP contribution >= 0.6 is 0 Å². The van der Waals surface area contributed by atoms with Gasteiger partial charge in [-0.1, -0.05) is 13.0 Å². The minimum Gasteiger partial charge on any atom is -0.454 e. The average Bonchev–Trinajstić information content (AvgIpc) is 3.22. The van der Waals surface area contributed by atoms with Crippen molar-refractivity contribution in [1.82, 2.24) is 14.9 Å². The topological polar surface area (TPSA) is 67.5 Å². The number of aryl methyl sites for hydroxylation is 1. The number of likely N-dealkylation sites (tertiary alicyclic amines) is 1. The second kappa shape index (κ2) is 7.11. The molecule has 4 rings (SSSR count). The van der Waals surface area contributed by atoms with Gasteiger partial charge >= 0.3 is 0 Å². The molecule has 0 unspecified atom stereocenters. The first-order valence-electron chi connectivity index (χ1n) is 9.25. The molecule has 0 bridgehead atoms. The quantitative estimate of drug-likeness (QED) is 0.892. The molecule has 3 heterocycles. The van der Waals surface area contributed by atoms with Crippen LogP contribution in [-0.2, 0) is 6.42 Å². The van der Waals surface area contributed by atoms with E-state index in [1.54, 1.807) is 6.07 Å². The van der Waals surface area contributed by atoms with Crippen molar-refractivity contribution in [3.05, 3.63) is 51.7 Å². The summed E-state index contributed by atoms with van der Waals surface area (Å²) < 4.78 is 10.8. The van der Waals surface area contributed by atoms with E-state index in [2.05, 4.69) is 33.9 Å². The Bertz CT molecular complexity index is 848. The van der Waals surface area contributed by atoms with E-state index in [9.17, 15) is 4.79 Å². The molecule has 0 aliphatic carbocycles.